The van der Waals surface area contributed by atoms with Crippen molar-refractivity contribution in [2.75, 3.05) is 12.4 Å². The largest absolute Gasteiger partial charge is 0.496 e. The number of hydrogen-bond donors (Lipinski definition) is 3. The van der Waals surface area contributed by atoms with E-state index in [1.54, 1.807) is 19.2 Å². The molecule has 0 aliphatic rings. The predicted octanol–water partition coefficient (Wildman–Crippen LogP) is 1.31. The van der Waals surface area contributed by atoms with Crippen LogP contribution in [0.2, 0.25) is 0 Å². The summed E-state index contributed by atoms with van der Waals surface area (Å²) in [6.45, 7) is 3.84. The molecule has 82 valence electrons. The van der Waals surface area contributed by atoms with Crippen molar-refractivity contribution in [1.82, 2.24) is 5.43 Å². The lowest BCUT2D eigenvalue weighted by atomic mass is 10.1. The van der Waals surface area contributed by atoms with E-state index in [2.05, 4.69) is 5.32 Å². The topological polar surface area (TPSA) is 76.4 Å². The molecule has 0 atom stereocenters. The van der Waals surface area contributed by atoms with Crippen molar-refractivity contribution in [3.05, 3.63) is 23.3 Å². The van der Waals surface area contributed by atoms with Gasteiger partial charge in [0.2, 0.25) is 0 Å². The number of methoxy groups -OCH3 is 1. The van der Waals surface area contributed by atoms with Gasteiger partial charge in [0.05, 0.1) is 7.11 Å². The Morgan fingerprint density at radius 1 is 1.33 bits per heavy atom. The van der Waals surface area contributed by atoms with Crippen LogP contribution in [-0.2, 0) is 0 Å². The number of amides is 2. The van der Waals surface area contributed by atoms with Crippen molar-refractivity contribution < 1.29 is 9.53 Å². The van der Waals surface area contributed by atoms with E-state index < -0.39 is 6.03 Å². The van der Waals surface area contributed by atoms with E-state index in [0.29, 0.717) is 0 Å². The molecule has 0 radical (unpaired) electrons. The number of nitrogens with one attached hydrogen (secondary N) is 2. The van der Waals surface area contributed by atoms with E-state index in [1.165, 1.54) is 0 Å². The monoisotopic (exact) mass is 209 g/mol. The molecule has 2 amide bonds. The number of carbonyl (C=O) groups excluding carboxylic acids is 1. The maximum Gasteiger partial charge on any atom is 0.333 e. The molecule has 0 heterocycles. The Morgan fingerprint density at radius 2 is 2.00 bits per heavy atom. The quantitative estimate of drug-likeness (QED) is 0.390. The van der Waals surface area contributed by atoms with Gasteiger partial charge in [-0.2, -0.15) is 0 Å². The standard InChI is InChI=1S/C10H15N3O2/c1-6-7(2)9(15-3)5-4-8(6)12-10(14)13-11/h4-5H,11H2,1-3H3,(H2,12,13,14). The highest BCUT2D eigenvalue weighted by atomic mass is 16.5. The van der Waals surface area contributed by atoms with Gasteiger partial charge in [-0.05, 0) is 37.1 Å². The number of urea groups is 1. The van der Waals surface area contributed by atoms with Crippen LogP contribution < -0.4 is 21.3 Å². The fraction of sp³-hybridized carbons (Fsp3) is 0.300. The first kappa shape index (κ1) is 11.3. The van der Waals surface area contributed by atoms with Crippen molar-refractivity contribution in [2.45, 2.75) is 13.8 Å². The van der Waals surface area contributed by atoms with E-state index in [1.807, 2.05) is 19.3 Å². The zero-order valence-electron chi connectivity index (χ0n) is 9.05. The summed E-state index contributed by atoms with van der Waals surface area (Å²) in [5.41, 5.74) is 4.68. The van der Waals surface area contributed by atoms with Crippen molar-refractivity contribution >= 4 is 11.7 Å². The second kappa shape index (κ2) is 4.65. The fourth-order valence-corrected chi connectivity index (χ4v) is 1.31. The number of rotatable bonds is 2. The first-order chi connectivity index (χ1) is 7.10. The average Bonchev–Trinajstić information content (AvgIpc) is 2.25. The van der Waals surface area contributed by atoms with Crippen LogP contribution in [0.15, 0.2) is 12.1 Å². The van der Waals surface area contributed by atoms with Gasteiger partial charge in [0, 0.05) is 5.69 Å². The molecule has 0 aromatic heterocycles. The van der Waals surface area contributed by atoms with E-state index in [9.17, 15) is 4.79 Å². The summed E-state index contributed by atoms with van der Waals surface area (Å²) in [5, 5.41) is 2.62. The number of hydrazine groups is 1. The minimum absolute atomic E-state index is 0.442. The Kier molecular flexibility index (Phi) is 3.51. The van der Waals surface area contributed by atoms with Gasteiger partial charge >= 0.3 is 6.03 Å². The van der Waals surface area contributed by atoms with E-state index >= 15 is 0 Å². The first-order valence-corrected chi connectivity index (χ1v) is 4.52. The summed E-state index contributed by atoms with van der Waals surface area (Å²) in [6.07, 6.45) is 0. The number of anilines is 1. The van der Waals surface area contributed by atoms with Crippen LogP contribution in [0, 0.1) is 13.8 Å². The maximum absolute atomic E-state index is 11.0. The van der Waals surface area contributed by atoms with E-state index in [0.717, 1.165) is 22.6 Å². The summed E-state index contributed by atoms with van der Waals surface area (Å²) < 4.78 is 5.16. The summed E-state index contributed by atoms with van der Waals surface area (Å²) in [7, 11) is 1.61. The number of ether oxygens (including phenoxy) is 1. The Morgan fingerprint density at radius 3 is 2.53 bits per heavy atom. The normalized spacial score (nSPS) is 9.60. The lowest BCUT2D eigenvalue weighted by Crippen LogP contribution is -2.34. The molecule has 4 N–H and O–H groups in total. The van der Waals surface area contributed by atoms with Gasteiger partial charge < -0.3 is 10.1 Å². The highest BCUT2D eigenvalue weighted by Crippen LogP contribution is 2.26. The molecular weight excluding hydrogens is 194 g/mol. The number of carbonyl (C=O) groups is 1. The van der Waals surface area contributed by atoms with Crippen LogP contribution in [0.4, 0.5) is 10.5 Å². The number of hydrogen-bond acceptors (Lipinski definition) is 3. The molecule has 0 aliphatic heterocycles. The third kappa shape index (κ3) is 2.38. The fourth-order valence-electron chi connectivity index (χ4n) is 1.31. The molecule has 1 aromatic carbocycles. The zero-order valence-corrected chi connectivity index (χ0v) is 9.05. The van der Waals surface area contributed by atoms with Crippen LogP contribution >= 0.6 is 0 Å². The highest BCUT2D eigenvalue weighted by Gasteiger charge is 2.08. The van der Waals surface area contributed by atoms with Crippen LogP contribution in [0.25, 0.3) is 0 Å². The zero-order chi connectivity index (χ0) is 11.4. The molecular formula is C10H15N3O2. The Hall–Kier alpha value is -1.75. The van der Waals surface area contributed by atoms with Gasteiger partial charge in [-0.1, -0.05) is 0 Å². The van der Waals surface area contributed by atoms with Crippen molar-refractivity contribution in [1.29, 1.82) is 0 Å². The predicted molar refractivity (Wildman–Crippen MR) is 58.8 cm³/mol. The van der Waals surface area contributed by atoms with Gasteiger partial charge in [0.1, 0.15) is 5.75 Å². The second-order valence-corrected chi connectivity index (χ2v) is 3.16. The molecule has 0 spiro atoms. The molecule has 1 rings (SSSR count). The number of benzene rings is 1. The second-order valence-electron chi connectivity index (χ2n) is 3.16. The molecule has 0 saturated heterocycles. The lowest BCUT2D eigenvalue weighted by Gasteiger charge is -2.12. The van der Waals surface area contributed by atoms with Crippen molar-refractivity contribution in [3.8, 4) is 5.75 Å². The van der Waals surface area contributed by atoms with Gasteiger partial charge in [0.25, 0.3) is 0 Å². The Bertz CT molecular complexity index is 377. The van der Waals surface area contributed by atoms with Gasteiger partial charge in [-0.3, -0.25) is 5.43 Å². The summed E-state index contributed by atoms with van der Waals surface area (Å²) in [5.74, 6) is 5.77. The molecule has 1 aromatic rings. The molecule has 0 aliphatic carbocycles. The molecule has 5 nitrogen and oxygen atoms in total. The summed E-state index contributed by atoms with van der Waals surface area (Å²) >= 11 is 0. The summed E-state index contributed by atoms with van der Waals surface area (Å²) in [4.78, 5) is 11.0. The smallest absolute Gasteiger partial charge is 0.333 e. The number of nitrogens with two attached hydrogens (primary N) is 1. The van der Waals surface area contributed by atoms with Gasteiger partial charge in [-0.25, -0.2) is 10.6 Å². The van der Waals surface area contributed by atoms with Gasteiger partial charge in [-0.15, -0.1) is 0 Å². The van der Waals surface area contributed by atoms with Crippen molar-refractivity contribution in [3.63, 3.8) is 0 Å². The maximum atomic E-state index is 11.0. The third-order valence-corrected chi connectivity index (χ3v) is 2.34. The molecule has 5 heteroatoms. The average molecular weight is 209 g/mol. The Balaban J connectivity index is 3.01. The van der Waals surface area contributed by atoms with Crippen molar-refractivity contribution in [2.24, 2.45) is 5.84 Å². The molecule has 0 unspecified atom stereocenters. The first-order valence-electron chi connectivity index (χ1n) is 4.52. The van der Waals surface area contributed by atoms with Crippen LogP contribution in [0.1, 0.15) is 11.1 Å². The minimum atomic E-state index is -0.442. The molecule has 0 saturated carbocycles. The third-order valence-electron chi connectivity index (χ3n) is 2.34. The summed E-state index contributed by atoms with van der Waals surface area (Å²) in [6, 6.07) is 3.13. The highest BCUT2D eigenvalue weighted by molar-refractivity contribution is 5.90. The van der Waals surface area contributed by atoms with Crippen LogP contribution in [-0.4, -0.2) is 13.1 Å². The van der Waals surface area contributed by atoms with Crippen LogP contribution in [0.3, 0.4) is 0 Å². The van der Waals surface area contributed by atoms with Gasteiger partial charge in [0.15, 0.2) is 0 Å². The SMILES string of the molecule is COc1ccc(NC(=O)NN)c(C)c1C. The molecule has 15 heavy (non-hydrogen) atoms. The Labute approximate surface area is 88.6 Å². The van der Waals surface area contributed by atoms with E-state index in [4.69, 9.17) is 10.6 Å². The van der Waals surface area contributed by atoms with Crippen LogP contribution in [0.5, 0.6) is 5.75 Å². The minimum Gasteiger partial charge on any atom is -0.496 e. The molecule has 0 fully saturated rings. The lowest BCUT2D eigenvalue weighted by molar-refractivity contribution is 0.252. The molecule has 0 bridgehead atoms. The van der Waals surface area contributed by atoms with E-state index in [-0.39, 0.29) is 0 Å².